The van der Waals surface area contributed by atoms with Crippen LogP contribution < -0.4 is 0 Å². The fraction of sp³-hybridized carbons (Fsp3) is 0.429. The van der Waals surface area contributed by atoms with Crippen molar-refractivity contribution in [2.24, 2.45) is 5.92 Å². The van der Waals surface area contributed by atoms with Crippen molar-refractivity contribution < 1.29 is 14.7 Å². The second kappa shape index (κ2) is 6.68. The van der Waals surface area contributed by atoms with Crippen LogP contribution >= 0.6 is 11.6 Å². The van der Waals surface area contributed by atoms with E-state index in [0.717, 1.165) is 5.56 Å². The van der Waals surface area contributed by atoms with Gasteiger partial charge in [0.05, 0.1) is 6.42 Å². The first-order valence-electron chi connectivity index (χ1n) is 5.98. The third kappa shape index (κ3) is 4.65. The molecule has 1 aromatic rings. The number of hydrogen-bond donors (Lipinski definition) is 1. The molecule has 1 aromatic carbocycles. The predicted octanol–water partition coefficient (Wildman–Crippen LogP) is 2.48. The summed E-state index contributed by atoms with van der Waals surface area (Å²) in [6.45, 7) is 2.23. The monoisotopic (exact) mass is 283 g/mol. The van der Waals surface area contributed by atoms with Gasteiger partial charge in [0.2, 0.25) is 0 Å². The van der Waals surface area contributed by atoms with Crippen LogP contribution in [0.25, 0.3) is 0 Å². The molecule has 1 rings (SSSR count). The lowest BCUT2D eigenvalue weighted by Crippen LogP contribution is -2.30. The smallest absolute Gasteiger partial charge is 0.304 e. The van der Waals surface area contributed by atoms with E-state index in [-0.39, 0.29) is 12.2 Å². The number of carbonyl (C=O) groups is 2. The van der Waals surface area contributed by atoms with Crippen LogP contribution in [0.1, 0.15) is 22.3 Å². The average molecular weight is 284 g/mol. The molecule has 0 fully saturated rings. The Morgan fingerprint density at radius 3 is 2.47 bits per heavy atom. The van der Waals surface area contributed by atoms with E-state index in [0.29, 0.717) is 17.1 Å². The molecule has 1 unspecified atom stereocenters. The van der Waals surface area contributed by atoms with E-state index in [9.17, 15) is 9.59 Å². The van der Waals surface area contributed by atoms with Crippen molar-refractivity contribution in [1.82, 2.24) is 4.90 Å². The third-order valence-electron chi connectivity index (χ3n) is 2.82. The van der Waals surface area contributed by atoms with Crippen LogP contribution in [0.2, 0.25) is 5.02 Å². The van der Waals surface area contributed by atoms with Crippen LogP contribution in [0.5, 0.6) is 0 Å². The molecule has 1 atom stereocenters. The molecule has 1 N–H and O–H groups in total. The van der Waals surface area contributed by atoms with Crippen LogP contribution in [0, 0.1) is 12.8 Å². The molecule has 0 aliphatic rings. The van der Waals surface area contributed by atoms with Crippen LogP contribution in [0.3, 0.4) is 0 Å². The maximum Gasteiger partial charge on any atom is 0.304 e. The number of nitrogens with zero attached hydrogens (tertiary/aromatic N) is 1. The van der Waals surface area contributed by atoms with Crippen LogP contribution in [0.15, 0.2) is 18.2 Å². The van der Waals surface area contributed by atoms with Gasteiger partial charge in [-0.05, 0) is 44.8 Å². The van der Waals surface area contributed by atoms with E-state index in [2.05, 4.69) is 0 Å². The van der Waals surface area contributed by atoms with Crippen molar-refractivity contribution in [2.45, 2.75) is 13.3 Å². The number of Topliss-reactive ketones (excluding diaryl/α,β-unsaturated/α-hetero) is 1. The Labute approximate surface area is 118 Å². The highest BCUT2D eigenvalue weighted by atomic mass is 35.5. The number of benzene rings is 1. The molecule has 4 nitrogen and oxygen atoms in total. The molecule has 0 saturated heterocycles. The Balaban J connectivity index is 2.97. The highest BCUT2D eigenvalue weighted by molar-refractivity contribution is 6.31. The number of ketones is 1. The van der Waals surface area contributed by atoms with E-state index < -0.39 is 11.9 Å². The summed E-state index contributed by atoms with van der Waals surface area (Å²) >= 11 is 5.92. The molecular formula is C14H18ClNO3. The van der Waals surface area contributed by atoms with Crippen molar-refractivity contribution >= 4 is 23.4 Å². The number of halogens is 1. The van der Waals surface area contributed by atoms with E-state index in [1.54, 1.807) is 18.2 Å². The second-order valence-corrected chi connectivity index (χ2v) is 5.29. The molecule has 0 heterocycles. The summed E-state index contributed by atoms with van der Waals surface area (Å²) < 4.78 is 0. The summed E-state index contributed by atoms with van der Waals surface area (Å²) in [5, 5.41) is 9.50. The van der Waals surface area contributed by atoms with Gasteiger partial charge < -0.3 is 10.0 Å². The molecule has 0 aliphatic heterocycles. The van der Waals surface area contributed by atoms with E-state index in [4.69, 9.17) is 16.7 Å². The number of carbonyl (C=O) groups excluding carboxylic acids is 1. The summed E-state index contributed by atoms with van der Waals surface area (Å²) in [6, 6.07) is 5.01. The summed E-state index contributed by atoms with van der Waals surface area (Å²) in [6.07, 6.45) is -0.168. The highest BCUT2D eigenvalue weighted by Gasteiger charge is 2.23. The number of rotatable bonds is 6. The fourth-order valence-corrected chi connectivity index (χ4v) is 2.04. The molecule has 0 aliphatic carbocycles. The number of carboxylic acids is 1. The van der Waals surface area contributed by atoms with Crippen LogP contribution in [-0.2, 0) is 4.79 Å². The lowest BCUT2D eigenvalue weighted by Gasteiger charge is -2.18. The number of aliphatic carboxylic acids is 1. The molecule has 0 spiro atoms. The highest BCUT2D eigenvalue weighted by Crippen LogP contribution is 2.20. The van der Waals surface area contributed by atoms with Gasteiger partial charge in [0.1, 0.15) is 0 Å². The van der Waals surface area contributed by atoms with Crippen molar-refractivity contribution in [3.63, 3.8) is 0 Å². The van der Waals surface area contributed by atoms with Gasteiger partial charge in [-0.25, -0.2) is 0 Å². The Kier molecular flexibility index (Phi) is 5.51. The van der Waals surface area contributed by atoms with Crippen LogP contribution in [-0.4, -0.2) is 42.4 Å². The molecule has 0 bridgehead atoms. The van der Waals surface area contributed by atoms with E-state index in [1.165, 1.54) is 0 Å². The molecule has 5 heteroatoms. The predicted molar refractivity (Wildman–Crippen MR) is 74.8 cm³/mol. The van der Waals surface area contributed by atoms with Gasteiger partial charge in [-0.3, -0.25) is 9.59 Å². The molecular weight excluding hydrogens is 266 g/mol. The van der Waals surface area contributed by atoms with Gasteiger partial charge in [0, 0.05) is 23.0 Å². The summed E-state index contributed by atoms with van der Waals surface area (Å²) in [5.41, 5.74) is 1.32. The maximum absolute atomic E-state index is 12.3. The molecule has 0 amide bonds. The van der Waals surface area contributed by atoms with Crippen molar-refractivity contribution in [3.8, 4) is 0 Å². The zero-order chi connectivity index (χ0) is 14.6. The number of hydrogen-bond acceptors (Lipinski definition) is 3. The summed E-state index contributed by atoms with van der Waals surface area (Å²) in [5.74, 6) is -1.67. The Morgan fingerprint density at radius 1 is 1.37 bits per heavy atom. The fourth-order valence-electron chi connectivity index (χ4n) is 1.93. The topological polar surface area (TPSA) is 57.6 Å². The van der Waals surface area contributed by atoms with Gasteiger partial charge in [0.25, 0.3) is 0 Å². The molecule has 0 aromatic heterocycles. The first kappa shape index (κ1) is 15.7. The Hall–Kier alpha value is -1.39. The zero-order valence-electron chi connectivity index (χ0n) is 11.3. The standard InChI is InChI=1S/C14H18ClNO3/c1-9-6-10(4-5-12(9)15)14(19)11(7-13(17)18)8-16(2)3/h4-6,11H,7-8H2,1-3H3,(H,17,18). The van der Waals surface area contributed by atoms with Crippen molar-refractivity contribution in [3.05, 3.63) is 34.3 Å². The Morgan fingerprint density at radius 2 is 2.00 bits per heavy atom. The zero-order valence-corrected chi connectivity index (χ0v) is 12.1. The second-order valence-electron chi connectivity index (χ2n) is 4.89. The van der Waals surface area contributed by atoms with Gasteiger partial charge >= 0.3 is 5.97 Å². The van der Waals surface area contributed by atoms with Crippen molar-refractivity contribution in [2.75, 3.05) is 20.6 Å². The van der Waals surface area contributed by atoms with Crippen molar-refractivity contribution in [1.29, 1.82) is 0 Å². The molecule has 19 heavy (non-hydrogen) atoms. The Bertz CT molecular complexity index is 486. The van der Waals surface area contributed by atoms with Gasteiger partial charge in [-0.1, -0.05) is 11.6 Å². The minimum absolute atomic E-state index is 0.157. The van der Waals surface area contributed by atoms with E-state index >= 15 is 0 Å². The largest absolute Gasteiger partial charge is 0.481 e. The minimum atomic E-state index is -0.967. The van der Waals surface area contributed by atoms with Crippen LogP contribution in [0.4, 0.5) is 0 Å². The van der Waals surface area contributed by atoms with Gasteiger partial charge in [-0.15, -0.1) is 0 Å². The third-order valence-corrected chi connectivity index (χ3v) is 3.24. The lowest BCUT2D eigenvalue weighted by molar-refractivity contribution is -0.137. The number of carboxylic acid groups (broad SMARTS) is 1. The quantitative estimate of drug-likeness (QED) is 0.815. The SMILES string of the molecule is Cc1cc(C(=O)C(CC(=O)O)CN(C)C)ccc1Cl. The van der Waals surface area contributed by atoms with Gasteiger partial charge in [0.15, 0.2) is 5.78 Å². The molecule has 104 valence electrons. The van der Waals surface area contributed by atoms with Gasteiger partial charge in [-0.2, -0.15) is 0 Å². The number of aryl methyl sites for hydroxylation is 1. The maximum atomic E-state index is 12.3. The first-order chi connectivity index (χ1) is 8.81. The normalized spacial score (nSPS) is 12.5. The average Bonchev–Trinajstić information content (AvgIpc) is 2.29. The van der Waals surface area contributed by atoms with E-state index in [1.807, 2.05) is 25.9 Å². The summed E-state index contributed by atoms with van der Waals surface area (Å²) in [7, 11) is 3.63. The first-order valence-corrected chi connectivity index (χ1v) is 6.36. The lowest BCUT2D eigenvalue weighted by atomic mass is 9.93. The molecule has 0 radical (unpaired) electrons. The summed E-state index contributed by atoms with van der Waals surface area (Å²) in [4.78, 5) is 25.0. The minimum Gasteiger partial charge on any atom is -0.481 e. The molecule has 0 saturated carbocycles.